The number of aryl methyl sites for hydroxylation is 2. The molecule has 1 N–H and O–H groups in total. The predicted octanol–water partition coefficient (Wildman–Crippen LogP) is 4.86. The number of methoxy groups -OCH3 is 1. The number of imide groups is 1. The number of benzene rings is 2. The Kier molecular flexibility index (Phi) is 8.61. The van der Waals surface area contributed by atoms with Crippen LogP contribution in [0, 0.1) is 0 Å². The number of ether oxygens (including phenoxy) is 1. The average Bonchev–Trinajstić information content (AvgIpc) is 3.58. The summed E-state index contributed by atoms with van der Waals surface area (Å²) >= 11 is 0. The molecule has 0 spiro atoms. The first-order valence-electron chi connectivity index (χ1n) is 14.4. The summed E-state index contributed by atoms with van der Waals surface area (Å²) in [6.07, 6.45) is 8.26. The van der Waals surface area contributed by atoms with Gasteiger partial charge in [-0.05, 0) is 91.2 Å². The molecule has 0 radical (unpaired) electrons. The summed E-state index contributed by atoms with van der Waals surface area (Å²) in [5, 5.41) is 4.49. The van der Waals surface area contributed by atoms with Gasteiger partial charge in [-0.25, -0.2) is 0 Å². The molecule has 2 aromatic carbocycles. The van der Waals surface area contributed by atoms with Gasteiger partial charge in [-0.15, -0.1) is 0 Å². The first kappa shape index (κ1) is 28.6. The molecule has 1 aliphatic rings. The van der Waals surface area contributed by atoms with E-state index in [1.165, 1.54) is 0 Å². The van der Waals surface area contributed by atoms with E-state index in [2.05, 4.69) is 64.7 Å². The first-order valence-corrected chi connectivity index (χ1v) is 14.4. The van der Waals surface area contributed by atoms with Crippen molar-refractivity contribution in [3.05, 3.63) is 66.0 Å². The van der Waals surface area contributed by atoms with Gasteiger partial charge in [0.15, 0.2) is 0 Å². The number of hydrogen-bond acceptors (Lipinski definition) is 5. The van der Waals surface area contributed by atoms with Crippen molar-refractivity contribution >= 4 is 44.8 Å². The Labute approximate surface area is 242 Å². The van der Waals surface area contributed by atoms with Crippen molar-refractivity contribution in [1.82, 2.24) is 24.3 Å². The fourth-order valence-electron chi connectivity index (χ4n) is 5.81. The Balaban J connectivity index is 1.62. The second-order valence-electron chi connectivity index (χ2n) is 11.4. The topological polar surface area (TPSA) is 71.7 Å². The summed E-state index contributed by atoms with van der Waals surface area (Å²) in [7, 11) is 9.98. The highest BCUT2D eigenvalue weighted by Gasteiger charge is 2.35. The minimum atomic E-state index is -0.359. The molecule has 0 fully saturated rings. The molecule has 2 aromatic heterocycles. The number of nitrogens with one attached hydrogen (secondary N) is 1. The van der Waals surface area contributed by atoms with Crippen molar-refractivity contribution in [3.8, 4) is 5.75 Å². The third kappa shape index (κ3) is 5.94. The largest absolute Gasteiger partial charge is 0.497 e. The standard InChI is InChI=1S/C33H41N5O3/c1-35(2)16-8-10-18-37-21-26(24-12-6-7-13-28(24)37)30-31(33(40)34-32(30)39)27-22-38(19-11-9-17-36(3)4)29-15-14-23(41-5)20-25(27)29/h6-7,12-15,20-22H,8-11,16-19H2,1-5H3,(H,34,39,40). The first-order chi connectivity index (χ1) is 19.8. The summed E-state index contributed by atoms with van der Waals surface area (Å²) in [6, 6.07) is 14.1. The number of fused-ring (bicyclic) bond motifs is 2. The van der Waals surface area contributed by atoms with Gasteiger partial charge in [0.25, 0.3) is 11.8 Å². The maximum absolute atomic E-state index is 13.5. The van der Waals surface area contributed by atoms with Gasteiger partial charge < -0.3 is 23.7 Å². The number of hydrogen-bond donors (Lipinski definition) is 1. The summed E-state index contributed by atoms with van der Waals surface area (Å²) < 4.78 is 9.97. The Morgan fingerprint density at radius 2 is 1.24 bits per heavy atom. The molecule has 8 nitrogen and oxygen atoms in total. The maximum Gasteiger partial charge on any atom is 0.259 e. The predicted molar refractivity (Wildman–Crippen MR) is 166 cm³/mol. The molecule has 0 bridgehead atoms. The van der Waals surface area contributed by atoms with E-state index in [0.717, 1.165) is 84.8 Å². The molecular weight excluding hydrogens is 514 g/mol. The van der Waals surface area contributed by atoms with Crippen LogP contribution < -0.4 is 10.1 Å². The molecular formula is C33H41N5O3. The molecule has 2 amide bonds. The highest BCUT2D eigenvalue weighted by molar-refractivity contribution is 6.50. The smallest absolute Gasteiger partial charge is 0.259 e. The van der Waals surface area contributed by atoms with Crippen molar-refractivity contribution in [3.63, 3.8) is 0 Å². The van der Waals surface area contributed by atoms with Crippen molar-refractivity contribution < 1.29 is 14.3 Å². The number of carbonyl (C=O) groups excluding carboxylic acids is 2. The lowest BCUT2D eigenvalue weighted by Crippen LogP contribution is -2.22. The van der Waals surface area contributed by atoms with Gasteiger partial charge >= 0.3 is 0 Å². The average molecular weight is 556 g/mol. The van der Waals surface area contributed by atoms with Crippen molar-refractivity contribution in [2.24, 2.45) is 0 Å². The van der Waals surface area contributed by atoms with Gasteiger partial charge in [0.1, 0.15) is 5.75 Å². The molecule has 0 atom stereocenters. The highest BCUT2D eigenvalue weighted by atomic mass is 16.5. The van der Waals surface area contributed by atoms with Gasteiger partial charge in [-0.3, -0.25) is 14.9 Å². The number of rotatable bonds is 13. The van der Waals surface area contributed by atoms with E-state index in [1.807, 2.05) is 42.6 Å². The molecule has 8 heteroatoms. The molecule has 0 unspecified atom stereocenters. The van der Waals surface area contributed by atoms with Crippen LogP contribution in [0.3, 0.4) is 0 Å². The van der Waals surface area contributed by atoms with E-state index in [4.69, 9.17) is 4.74 Å². The van der Waals surface area contributed by atoms with E-state index in [0.29, 0.717) is 16.9 Å². The van der Waals surface area contributed by atoms with Crippen molar-refractivity contribution in [2.45, 2.75) is 38.8 Å². The van der Waals surface area contributed by atoms with Crippen LogP contribution in [0.1, 0.15) is 36.8 Å². The third-order valence-corrected chi connectivity index (χ3v) is 7.86. The summed E-state index contributed by atoms with van der Waals surface area (Å²) in [6.45, 7) is 3.71. The third-order valence-electron chi connectivity index (χ3n) is 7.86. The molecule has 1 aliphatic heterocycles. The summed E-state index contributed by atoms with van der Waals surface area (Å²) in [4.78, 5) is 31.3. The SMILES string of the molecule is COc1ccc2c(c1)c(C1=C(c3cn(CCCCN(C)C)c4ccccc34)C(=O)NC1=O)cn2CCCCN(C)C. The fourth-order valence-corrected chi connectivity index (χ4v) is 5.81. The Morgan fingerprint density at radius 3 is 1.80 bits per heavy atom. The number of nitrogens with zero attached hydrogens (tertiary/aromatic N) is 4. The zero-order valence-corrected chi connectivity index (χ0v) is 24.9. The van der Waals surface area contributed by atoms with Crippen LogP contribution >= 0.6 is 0 Å². The monoisotopic (exact) mass is 555 g/mol. The molecule has 0 saturated carbocycles. The highest BCUT2D eigenvalue weighted by Crippen LogP contribution is 2.40. The van der Waals surface area contributed by atoms with Gasteiger partial charge in [0.2, 0.25) is 0 Å². The van der Waals surface area contributed by atoms with Crippen LogP contribution in [0.15, 0.2) is 54.9 Å². The number of amides is 2. The van der Waals surface area contributed by atoms with E-state index in [1.54, 1.807) is 7.11 Å². The lowest BCUT2D eigenvalue weighted by molar-refractivity contribution is -0.122. The van der Waals surface area contributed by atoms with Crippen LogP contribution in [0.4, 0.5) is 0 Å². The van der Waals surface area contributed by atoms with Crippen LogP contribution in [0.5, 0.6) is 5.75 Å². The van der Waals surface area contributed by atoms with Gasteiger partial charge in [0.05, 0.1) is 18.3 Å². The lowest BCUT2D eigenvalue weighted by Gasteiger charge is -2.10. The number of aromatic nitrogens is 2. The second kappa shape index (κ2) is 12.3. The summed E-state index contributed by atoms with van der Waals surface area (Å²) in [5.74, 6) is 0.00268. The maximum atomic E-state index is 13.5. The van der Waals surface area contributed by atoms with Gasteiger partial charge in [-0.1, -0.05) is 18.2 Å². The molecule has 5 rings (SSSR count). The van der Waals surface area contributed by atoms with Crippen molar-refractivity contribution in [2.75, 3.05) is 48.4 Å². The number of unbranched alkanes of at least 4 members (excludes halogenated alkanes) is 2. The normalized spacial score (nSPS) is 13.9. The molecule has 0 aliphatic carbocycles. The van der Waals surface area contributed by atoms with Gasteiger partial charge in [0, 0.05) is 58.4 Å². The minimum absolute atomic E-state index is 0.352. The van der Waals surface area contributed by atoms with Gasteiger partial charge in [-0.2, -0.15) is 0 Å². The zero-order valence-electron chi connectivity index (χ0n) is 24.9. The molecule has 4 aromatic rings. The molecule has 216 valence electrons. The van der Waals surface area contributed by atoms with Crippen LogP contribution in [0.25, 0.3) is 33.0 Å². The Hall–Kier alpha value is -3.88. The molecule has 41 heavy (non-hydrogen) atoms. The Bertz CT molecular complexity index is 1610. The van der Waals surface area contributed by atoms with Crippen LogP contribution in [-0.4, -0.2) is 79.1 Å². The van der Waals surface area contributed by atoms with Crippen LogP contribution in [-0.2, 0) is 22.7 Å². The Morgan fingerprint density at radius 1 is 0.707 bits per heavy atom. The number of carbonyl (C=O) groups is 2. The zero-order chi connectivity index (χ0) is 29.1. The van der Waals surface area contributed by atoms with Crippen LogP contribution in [0.2, 0.25) is 0 Å². The molecule has 0 saturated heterocycles. The van der Waals surface area contributed by atoms with Crippen molar-refractivity contribution in [1.29, 1.82) is 0 Å². The second-order valence-corrected chi connectivity index (χ2v) is 11.4. The van der Waals surface area contributed by atoms with E-state index in [9.17, 15) is 9.59 Å². The quantitative estimate of drug-likeness (QED) is 0.189. The lowest BCUT2D eigenvalue weighted by atomic mass is 9.95. The summed E-state index contributed by atoms with van der Waals surface area (Å²) in [5.41, 5.74) is 4.50. The minimum Gasteiger partial charge on any atom is -0.497 e. The number of para-hydroxylation sites is 1. The van der Waals surface area contributed by atoms with E-state index < -0.39 is 0 Å². The van der Waals surface area contributed by atoms with E-state index in [-0.39, 0.29) is 11.8 Å². The fraction of sp³-hybridized carbons (Fsp3) is 0.394. The molecule has 3 heterocycles. The van der Waals surface area contributed by atoms with E-state index >= 15 is 0 Å².